The molecular formula is C28H48O2. The van der Waals surface area contributed by atoms with Crippen molar-refractivity contribution in [1.29, 1.82) is 0 Å². The lowest BCUT2D eigenvalue weighted by molar-refractivity contribution is -0.120. The first-order valence-electron chi connectivity index (χ1n) is 13.5. The van der Waals surface area contributed by atoms with Gasteiger partial charge in [0.05, 0.1) is 0 Å². The van der Waals surface area contributed by atoms with Gasteiger partial charge < -0.3 is 0 Å². The van der Waals surface area contributed by atoms with Crippen LogP contribution in [-0.4, -0.2) is 11.6 Å². The molecule has 2 heteroatoms. The van der Waals surface area contributed by atoms with Crippen LogP contribution in [0.1, 0.15) is 142 Å². The lowest BCUT2D eigenvalue weighted by Gasteiger charge is -2.63. The summed E-state index contributed by atoms with van der Waals surface area (Å²) < 4.78 is 0. The van der Waals surface area contributed by atoms with Crippen molar-refractivity contribution in [3.8, 4) is 0 Å². The Bertz CT molecular complexity index is 503. The Kier molecular flexibility index (Phi) is 9.02. The van der Waals surface area contributed by atoms with E-state index in [0.717, 1.165) is 63.2 Å². The molecule has 4 rings (SSSR count). The number of Topliss-reactive ketones (excluding diaryl/α,β-unsaturated/α-hetero) is 2. The lowest BCUT2D eigenvalue weighted by atomic mass is 9.42. The third kappa shape index (κ3) is 6.67. The lowest BCUT2D eigenvalue weighted by Crippen LogP contribution is -2.51. The second kappa shape index (κ2) is 11.3. The second-order valence-corrected chi connectivity index (χ2v) is 11.7. The molecule has 2 nitrogen and oxygen atoms in total. The van der Waals surface area contributed by atoms with E-state index in [0.29, 0.717) is 22.4 Å². The minimum atomic E-state index is 0.475. The minimum Gasteiger partial charge on any atom is -0.300 e. The zero-order chi connectivity index (χ0) is 21.5. The Balaban J connectivity index is 1.41. The first kappa shape index (κ1) is 24.0. The second-order valence-electron chi connectivity index (χ2n) is 11.7. The molecule has 0 aromatic carbocycles. The van der Waals surface area contributed by atoms with Gasteiger partial charge in [0.25, 0.3) is 0 Å². The fraction of sp³-hybridized carbons (Fsp3) is 0.929. The van der Waals surface area contributed by atoms with Crippen LogP contribution >= 0.6 is 0 Å². The molecule has 172 valence electrons. The van der Waals surface area contributed by atoms with Gasteiger partial charge in [-0.1, -0.05) is 39.5 Å². The number of ketones is 2. The molecule has 0 amide bonds. The van der Waals surface area contributed by atoms with Gasteiger partial charge in [-0.25, -0.2) is 0 Å². The average Bonchev–Trinajstić information content (AvgIpc) is 2.66. The van der Waals surface area contributed by atoms with Gasteiger partial charge in [-0.05, 0) is 99.7 Å². The van der Waals surface area contributed by atoms with Crippen LogP contribution in [0.4, 0.5) is 0 Å². The standard InChI is InChI=1S/C28H48O2/c1-3-11-25(29)13-7-5-9-15-27-18-23-17-24(19-27)21-28(20-23,22-27)16-10-6-8-14-26(30)12-4-2/h23-24H,3-22H2,1-2H3. The van der Waals surface area contributed by atoms with Crippen molar-refractivity contribution in [2.24, 2.45) is 22.7 Å². The van der Waals surface area contributed by atoms with Gasteiger partial charge in [-0.15, -0.1) is 0 Å². The molecule has 0 aromatic heterocycles. The minimum absolute atomic E-state index is 0.475. The predicted molar refractivity (Wildman–Crippen MR) is 126 cm³/mol. The maximum absolute atomic E-state index is 11.8. The van der Waals surface area contributed by atoms with Crippen LogP contribution in [0.15, 0.2) is 0 Å². The molecule has 4 aliphatic rings. The molecule has 0 unspecified atom stereocenters. The smallest absolute Gasteiger partial charge is 0.132 e. The summed E-state index contributed by atoms with van der Waals surface area (Å²) in [5.74, 6) is 2.96. The SMILES string of the molecule is CCCC(=O)CCCCCC12CC3CC(C1)CC(CCCCCC(=O)CCC)(C3)C2. The molecule has 30 heavy (non-hydrogen) atoms. The fourth-order valence-electron chi connectivity index (χ4n) is 8.04. The molecule has 4 aliphatic carbocycles. The average molecular weight is 417 g/mol. The molecule has 0 spiro atoms. The van der Waals surface area contributed by atoms with Crippen LogP contribution in [0.5, 0.6) is 0 Å². The molecule has 0 saturated heterocycles. The summed E-state index contributed by atoms with van der Waals surface area (Å²) >= 11 is 0. The maximum atomic E-state index is 11.8. The van der Waals surface area contributed by atoms with Gasteiger partial charge in [0.15, 0.2) is 0 Å². The van der Waals surface area contributed by atoms with E-state index in [4.69, 9.17) is 0 Å². The van der Waals surface area contributed by atoms with Gasteiger partial charge in [0.2, 0.25) is 0 Å². The number of carbonyl (C=O) groups is 2. The Hall–Kier alpha value is -0.660. The monoisotopic (exact) mass is 416 g/mol. The highest BCUT2D eigenvalue weighted by Crippen LogP contribution is 2.68. The summed E-state index contributed by atoms with van der Waals surface area (Å²) in [5.41, 5.74) is 1.29. The highest BCUT2D eigenvalue weighted by Gasteiger charge is 2.56. The molecule has 0 radical (unpaired) electrons. The van der Waals surface area contributed by atoms with E-state index in [1.165, 1.54) is 77.0 Å². The molecule has 0 aromatic rings. The van der Waals surface area contributed by atoms with Crippen LogP contribution in [0.2, 0.25) is 0 Å². The van der Waals surface area contributed by atoms with E-state index in [1.54, 1.807) is 0 Å². The number of unbranched alkanes of at least 4 members (excludes halogenated alkanes) is 4. The van der Waals surface area contributed by atoms with E-state index >= 15 is 0 Å². The van der Waals surface area contributed by atoms with Crippen LogP contribution in [0, 0.1) is 22.7 Å². The van der Waals surface area contributed by atoms with E-state index in [2.05, 4.69) is 13.8 Å². The van der Waals surface area contributed by atoms with Crippen molar-refractivity contribution < 1.29 is 9.59 Å². The summed E-state index contributed by atoms with van der Waals surface area (Å²) in [6.45, 7) is 4.21. The zero-order valence-corrected chi connectivity index (χ0v) is 20.1. The number of rotatable bonds is 16. The van der Waals surface area contributed by atoms with Crippen molar-refractivity contribution in [3.05, 3.63) is 0 Å². The normalized spacial score (nSPS) is 31.9. The summed E-state index contributed by atoms with van der Waals surface area (Å²) in [4.78, 5) is 23.5. The summed E-state index contributed by atoms with van der Waals surface area (Å²) in [7, 11) is 0. The largest absolute Gasteiger partial charge is 0.300 e. The van der Waals surface area contributed by atoms with E-state index in [1.807, 2.05) is 0 Å². The van der Waals surface area contributed by atoms with E-state index in [-0.39, 0.29) is 0 Å². The van der Waals surface area contributed by atoms with Gasteiger partial charge in [0, 0.05) is 25.7 Å². The van der Waals surface area contributed by atoms with Crippen molar-refractivity contribution in [1.82, 2.24) is 0 Å². The Morgan fingerprint density at radius 2 is 1.07 bits per heavy atom. The summed E-state index contributed by atoms with van der Waals surface area (Å²) in [5, 5.41) is 0. The summed E-state index contributed by atoms with van der Waals surface area (Å²) in [6.07, 6.45) is 24.5. The van der Waals surface area contributed by atoms with Gasteiger partial charge in [0.1, 0.15) is 11.6 Å². The predicted octanol–water partition coefficient (Wildman–Crippen LogP) is 8.21. The molecule has 0 aliphatic heterocycles. The number of carbonyl (C=O) groups excluding carboxylic acids is 2. The molecule has 4 saturated carbocycles. The number of hydrogen-bond donors (Lipinski definition) is 0. The van der Waals surface area contributed by atoms with Crippen molar-refractivity contribution in [3.63, 3.8) is 0 Å². The molecular weight excluding hydrogens is 368 g/mol. The van der Waals surface area contributed by atoms with E-state index < -0.39 is 0 Å². The summed E-state index contributed by atoms with van der Waals surface area (Å²) in [6, 6.07) is 0. The fourth-order valence-corrected chi connectivity index (χ4v) is 8.04. The van der Waals surface area contributed by atoms with E-state index in [9.17, 15) is 9.59 Å². The quantitative estimate of drug-likeness (QED) is 0.237. The van der Waals surface area contributed by atoms with Gasteiger partial charge >= 0.3 is 0 Å². The highest BCUT2D eigenvalue weighted by atomic mass is 16.1. The topological polar surface area (TPSA) is 34.1 Å². The Morgan fingerprint density at radius 3 is 1.47 bits per heavy atom. The van der Waals surface area contributed by atoms with Crippen LogP contribution < -0.4 is 0 Å². The molecule has 4 bridgehead atoms. The van der Waals surface area contributed by atoms with Crippen LogP contribution in [0.3, 0.4) is 0 Å². The first-order chi connectivity index (χ1) is 14.5. The first-order valence-corrected chi connectivity index (χ1v) is 13.5. The van der Waals surface area contributed by atoms with Crippen molar-refractivity contribution in [2.75, 3.05) is 0 Å². The van der Waals surface area contributed by atoms with Crippen LogP contribution in [-0.2, 0) is 9.59 Å². The van der Waals surface area contributed by atoms with Gasteiger partial charge in [-0.2, -0.15) is 0 Å². The Morgan fingerprint density at radius 1 is 0.633 bits per heavy atom. The van der Waals surface area contributed by atoms with Crippen LogP contribution in [0.25, 0.3) is 0 Å². The van der Waals surface area contributed by atoms with Gasteiger partial charge in [-0.3, -0.25) is 9.59 Å². The Labute approximate surface area is 186 Å². The van der Waals surface area contributed by atoms with Crippen molar-refractivity contribution in [2.45, 2.75) is 142 Å². The zero-order valence-electron chi connectivity index (χ0n) is 20.1. The molecule has 0 atom stereocenters. The number of hydrogen-bond acceptors (Lipinski definition) is 2. The third-order valence-corrected chi connectivity index (χ3v) is 8.69. The van der Waals surface area contributed by atoms with Crippen molar-refractivity contribution >= 4 is 11.6 Å². The molecule has 0 heterocycles. The third-order valence-electron chi connectivity index (χ3n) is 8.69. The maximum Gasteiger partial charge on any atom is 0.132 e. The highest BCUT2D eigenvalue weighted by molar-refractivity contribution is 5.78. The molecule has 0 N–H and O–H groups in total. The molecule has 4 fully saturated rings.